The monoisotopic (exact) mass is 294 g/mol. The number of nitrogens with one attached hydrogen (secondary N) is 1. The Morgan fingerprint density at radius 2 is 1.85 bits per heavy atom. The standard InChI is InChI=1S/C12H10N2O5S/c15-9-5-11(16)13-6-8(9)14-12(17)7-3-1-2-4-10(7)20(14,18)19/h1-4,8H,5-6H2,(H,13,16). The number of Topliss-reactive ketones (excluding diaryl/α,β-unsaturated/α-hetero) is 1. The fraction of sp³-hybridized carbons (Fsp3) is 0.250. The third-order valence-corrected chi connectivity index (χ3v) is 5.19. The minimum Gasteiger partial charge on any atom is -0.353 e. The van der Waals surface area contributed by atoms with Gasteiger partial charge < -0.3 is 5.32 Å². The first-order valence-corrected chi connectivity index (χ1v) is 7.34. The van der Waals surface area contributed by atoms with Gasteiger partial charge in [0.25, 0.3) is 15.9 Å². The molecule has 0 radical (unpaired) electrons. The highest BCUT2D eigenvalue weighted by molar-refractivity contribution is 7.90. The van der Waals surface area contributed by atoms with Crippen molar-refractivity contribution in [3.8, 4) is 0 Å². The second-order valence-corrected chi connectivity index (χ2v) is 6.35. The van der Waals surface area contributed by atoms with Gasteiger partial charge in [0.2, 0.25) is 5.91 Å². The zero-order valence-electron chi connectivity index (χ0n) is 10.2. The van der Waals surface area contributed by atoms with E-state index in [2.05, 4.69) is 5.32 Å². The van der Waals surface area contributed by atoms with Crippen molar-refractivity contribution in [1.29, 1.82) is 0 Å². The Kier molecular flexibility index (Phi) is 2.65. The average Bonchev–Trinajstić information content (AvgIpc) is 2.60. The molecule has 0 saturated carbocycles. The van der Waals surface area contributed by atoms with Crippen LogP contribution in [0, 0.1) is 0 Å². The van der Waals surface area contributed by atoms with Crippen LogP contribution in [0.4, 0.5) is 0 Å². The molecule has 7 nitrogen and oxygen atoms in total. The molecule has 1 aromatic carbocycles. The molecule has 2 heterocycles. The Hall–Kier alpha value is -2.22. The molecule has 2 aliphatic heterocycles. The van der Waals surface area contributed by atoms with Gasteiger partial charge in [0, 0.05) is 6.54 Å². The predicted octanol–water partition coefficient (Wildman–Crippen LogP) is -0.711. The number of benzene rings is 1. The topological polar surface area (TPSA) is 101 Å². The summed E-state index contributed by atoms with van der Waals surface area (Å²) in [6, 6.07) is 4.63. The molecule has 1 N–H and O–H groups in total. The van der Waals surface area contributed by atoms with Gasteiger partial charge in [-0.05, 0) is 12.1 Å². The summed E-state index contributed by atoms with van der Waals surface area (Å²) >= 11 is 0. The molecule has 1 unspecified atom stereocenters. The average molecular weight is 294 g/mol. The van der Waals surface area contributed by atoms with Crippen molar-refractivity contribution >= 4 is 27.6 Å². The van der Waals surface area contributed by atoms with Gasteiger partial charge in [0.05, 0.1) is 12.0 Å². The van der Waals surface area contributed by atoms with Crippen LogP contribution in [0.2, 0.25) is 0 Å². The van der Waals surface area contributed by atoms with E-state index in [4.69, 9.17) is 0 Å². The van der Waals surface area contributed by atoms with E-state index >= 15 is 0 Å². The lowest BCUT2D eigenvalue weighted by Gasteiger charge is -2.28. The molecule has 0 aliphatic carbocycles. The molecule has 2 amide bonds. The number of piperidine rings is 1. The van der Waals surface area contributed by atoms with Crippen molar-refractivity contribution in [2.45, 2.75) is 17.4 Å². The highest BCUT2D eigenvalue weighted by Crippen LogP contribution is 2.32. The van der Waals surface area contributed by atoms with E-state index in [-0.39, 0.29) is 17.0 Å². The van der Waals surface area contributed by atoms with Crippen LogP contribution in [-0.4, -0.2) is 42.9 Å². The zero-order chi connectivity index (χ0) is 14.5. The van der Waals surface area contributed by atoms with Crippen molar-refractivity contribution in [3.63, 3.8) is 0 Å². The van der Waals surface area contributed by atoms with Crippen molar-refractivity contribution in [2.75, 3.05) is 6.54 Å². The number of hydrogen-bond acceptors (Lipinski definition) is 5. The van der Waals surface area contributed by atoms with Crippen LogP contribution in [0.15, 0.2) is 29.2 Å². The van der Waals surface area contributed by atoms with Crippen LogP contribution in [0.25, 0.3) is 0 Å². The lowest BCUT2D eigenvalue weighted by Crippen LogP contribution is -2.55. The van der Waals surface area contributed by atoms with Crippen molar-refractivity contribution in [1.82, 2.24) is 9.62 Å². The third kappa shape index (κ3) is 1.64. The smallest absolute Gasteiger partial charge is 0.269 e. The number of amides is 2. The van der Waals surface area contributed by atoms with Gasteiger partial charge >= 0.3 is 0 Å². The van der Waals surface area contributed by atoms with Gasteiger partial charge in [-0.3, -0.25) is 14.4 Å². The van der Waals surface area contributed by atoms with Crippen LogP contribution in [0.1, 0.15) is 16.8 Å². The minimum absolute atomic E-state index is 0.0530. The Balaban J connectivity index is 2.07. The largest absolute Gasteiger partial charge is 0.353 e. The fourth-order valence-electron chi connectivity index (χ4n) is 2.39. The summed E-state index contributed by atoms with van der Waals surface area (Å²) < 4.78 is 25.3. The number of hydrogen-bond donors (Lipinski definition) is 1. The summed E-state index contributed by atoms with van der Waals surface area (Å²) in [6.45, 7) is -0.184. The van der Waals surface area contributed by atoms with Crippen molar-refractivity contribution in [2.24, 2.45) is 0 Å². The van der Waals surface area contributed by atoms with Crippen LogP contribution in [0.3, 0.4) is 0 Å². The molecular weight excluding hydrogens is 284 g/mol. The molecule has 20 heavy (non-hydrogen) atoms. The third-order valence-electron chi connectivity index (χ3n) is 3.34. The number of carbonyl (C=O) groups excluding carboxylic acids is 3. The first kappa shape index (κ1) is 12.8. The first-order chi connectivity index (χ1) is 9.43. The van der Waals surface area contributed by atoms with Gasteiger partial charge in [-0.15, -0.1) is 0 Å². The molecule has 8 heteroatoms. The van der Waals surface area contributed by atoms with Gasteiger partial charge in [-0.25, -0.2) is 12.7 Å². The molecule has 1 aromatic rings. The Morgan fingerprint density at radius 3 is 2.50 bits per heavy atom. The first-order valence-electron chi connectivity index (χ1n) is 5.90. The number of nitrogens with zero attached hydrogens (tertiary/aromatic N) is 1. The van der Waals surface area contributed by atoms with Gasteiger partial charge in [0.15, 0.2) is 5.78 Å². The van der Waals surface area contributed by atoms with E-state index in [0.717, 1.165) is 0 Å². The molecule has 1 fully saturated rings. The predicted molar refractivity (Wildman–Crippen MR) is 66.2 cm³/mol. The fourth-order valence-corrected chi connectivity index (χ4v) is 4.13. The number of rotatable bonds is 1. The Bertz CT molecular complexity index is 740. The molecule has 3 rings (SSSR count). The maximum atomic E-state index is 12.4. The van der Waals surface area contributed by atoms with E-state index < -0.39 is 40.1 Å². The van der Waals surface area contributed by atoms with Gasteiger partial charge in [0.1, 0.15) is 10.9 Å². The second kappa shape index (κ2) is 4.14. The molecule has 104 valence electrons. The van der Waals surface area contributed by atoms with Gasteiger partial charge in [-0.2, -0.15) is 0 Å². The quantitative estimate of drug-likeness (QED) is 0.689. The number of fused-ring (bicyclic) bond motifs is 1. The molecule has 1 saturated heterocycles. The molecule has 0 bridgehead atoms. The van der Waals surface area contributed by atoms with Crippen molar-refractivity contribution < 1.29 is 22.8 Å². The van der Waals surface area contributed by atoms with Crippen LogP contribution in [0.5, 0.6) is 0 Å². The minimum atomic E-state index is -4.03. The maximum Gasteiger partial charge on any atom is 0.269 e. The number of ketones is 1. The second-order valence-electron chi connectivity index (χ2n) is 4.57. The summed E-state index contributed by atoms with van der Waals surface area (Å²) in [7, 11) is -4.03. The van der Waals surface area contributed by atoms with E-state index in [1.165, 1.54) is 18.2 Å². The normalized spacial score (nSPS) is 24.5. The van der Waals surface area contributed by atoms with Gasteiger partial charge in [-0.1, -0.05) is 12.1 Å². The van der Waals surface area contributed by atoms with Crippen LogP contribution < -0.4 is 5.32 Å². The van der Waals surface area contributed by atoms with Crippen molar-refractivity contribution in [3.05, 3.63) is 29.8 Å². The van der Waals surface area contributed by atoms with Crippen LogP contribution >= 0.6 is 0 Å². The summed E-state index contributed by atoms with van der Waals surface area (Å²) in [5.41, 5.74) is 0.0530. The van der Waals surface area contributed by atoms with E-state index in [1.54, 1.807) is 6.07 Å². The van der Waals surface area contributed by atoms with Crippen LogP contribution in [-0.2, 0) is 19.6 Å². The number of carbonyl (C=O) groups is 3. The lowest BCUT2D eigenvalue weighted by molar-refractivity contribution is -0.133. The summed E-state index contributed by atoms with van der Waals surface area (Å²) in [6.07, 6.45) is -0.416. The molecule has 0 aromatic heterocycles. The van der Waals surface area contributed by atoms with E-state index in [1.807, 2.05) is 0 Å². The van der Waals surface area contributed by atoms with E-state index in [9.17, 15) is 22.8 Å². The Morgan fingerprint density at radius 1 is 1.15 bits per heavy atom. The Labute approximate surface area is 114 Å². The zero-order valence-corrected chi connectivity index (χ0v) is 11.0. The SMILES string of the molecule is O=C1CC(=O)C(N2C(=O)c3ccccc3S2(=O)=O)CN1. The number of sulfonamides is 1. The molecule has 1 atom stereocenters. The lowest BCUT2D eigenvalue weighted by atomic mass is 10.0. The molecular formula is C12H10N2O5S. The highest BCUT2D eigenvalue weighted by atomic mass is 32.2. The summed E-state index contributed by atoms with van der Waals surface area (Å²) in [5, 5.41) is 2.41. The summed E-state index contributed by atoms with van der Waals surface area (Å²) in [4.78, 5) is 35.1. The van der Waals surface area contributed by atoms with E-state index in [0.29, 0.717) is 4.31 Å². The molecule has 2 aliphatic rings. The molecule has 0 spiro atoms. The maximum absolute atomic E-state index is 12.4. The highest BCUT2D eigenvalue weighted by Gasteiger charge is 2.48. The summed E-state index contributed by atoms with van der Waals surface area (Å²) in [5.74, 6) is -1.76.